The number of likely N-dealkylation sites (tertiary alicyclic amines) is 1. The van der Waals surface area contributed by atoms with E-state index in [0.29, 0.717) is 22.4 Å². The maximum atomic E-state index is 12.7. The van der Waals surface area contributed by atoms with Crippen LogP contribution >= 0.6 is 12.4 Å². The highest BCUT2D eigenvalue weighted by Crippen LogP contribution is 2.24. The standard InChI is InChI=1S/C22H26N4O3.ClH/c1-14-11-17(6-7-18(14)22(29)26-9-3-4-10-26)25(2)20(28)13-16-12-15(21(23)24)5-8-19(16)27;/h5-8,11-12,27H,3-4,9-10,13H2,1-2H3,(H3,23,24);1H. The van der Waals surface area contributed by atoms with Crippen molar-refractivity contribution in [2.24, 2.45) is 5.73 Å². The molecule has 1 aliphatic heterocycles. The minimum absolute atomic E-state index is 0. The van der Waals surface area contributed by atoms with Gasteiger partial charge in [0.15, 0.2) is 0 Å². The van der Waals surface area contributed by atoms with Crippen LogP contribution in [0.1, 0.15) is 39.9 Å². The molecule has 2 aromatic carbocycles. The van der Waals surface area contributed by atoms with E-state index in [2.05, 4.69) is 0 Å². The van der Waals surface area contributed by atoms with Gasteiger partial charge in [-0.2, -0.15) is 0 Å². The summed E-state index contributed by atoms with van der Waals surface area (Å²) in [6.07, 6.45) is 2.05. The van der Waals surface area contributed by atoms with Crippen LogP contribution in [0.2, 0.25) is 0 Å². The molecule has 1 heterocycles. The molecule has 3 rings (SSSR count). The normalized spacial score (nSPS) is 12.9. The van der Waals surface area contributed by atoms with Crippen LogP contribution in [-0.4, -0.2) is 47.8 Å². The van der Waals surface area contributed by atoms with Crippen molar-refractivity contribution in [3.63, 3.8) is 0 Å². The average Bonchev–Trinajstić information content (AvgIpc) is 3.23. The van der Waals surface area contributed by atoms with Gasteiger partial charge < -0.3 is 20.6 Å². The fraction of sp³-hybridized carbons (Fsp3) is 0.318. The summed E-state index contributed by atoms with van der Waals surface area (Å²) in [6, 6.07) is 9.87. The monoisotopic (exact) mass is 430 g/mol. The summed E-state index contributed by atoms with van der Waals surface area (Å²) in [4.78, 5) is 28.7. The zero-order chi connectivity index (χ0) is 21.1. The topological polar surface area (TPSA) is 111 Å². The number of anilines is 1. The molecule has 1 saturated heterocycles. The molecule has 2 amide bonds. The van der Waals surface area contributed by atoms with Crippen LogP contribution in [0.4, 0.5) is 5.69 Å². The first kappa shape index (κ1) is 23.2. The number of nitrogens with one attached hydrogen (secondary N) is 1. The average molecular weight is 431 g/mol. The van der Waals surface area contributed by atoms with E-state index in [1.54, 1.807) is 25.2 Å². The second kappa shape index (κ2) is 9.63. The smallest absolute Gasteiger partial charge is 0.254 e. The van der Waals surface area contributed by atoms with Gasteiger partial charge in [-0.15, -0.1) is 12.4 Å². The fourth-order valence-corrected chi connectivity index (χ4v) is 3.51. The number of nitrogens with zero attached hydrogens (tertiary/aromatic N) is 2. The molecule has 0 radical (unpaired) electrons. The minimum Gasteiger partial charge on any atom is -0.508 e. The summed E-state index contributed by atoms with van der Waals surface area (Å²) in [5.74, 6) is -0.328. The zero-order valence-electron chi connectivity index (χ0n) is 17.1. The first-order valence-electron chi connectivity index (χ1n) is 9.60. The van der Waals surface area contributed by atoms with Crippen molar-refractivity contribution in [2.45, 2.75) is 26.2 Å². The van der Waals surface area contributed by atoms with Crippen LogP contribution in [0.5, 0.6) is 5.75 Å². The van der Waals surface area contributed by atoms with Crippen LogP contribution < -0.4 is 10.6 Å². The molecule has 8 heteroatoms. The van der Waals surface area contributed by atoms with Gasteiger partial charge in [-0.1, -0.05) is 0 Å². The lowest BCUT2D eigenvalue weighted by molar-refractivity contribution is -0.117. The maximum Gasteiger partial charge on any atom is 0.254 e. The second-order valence-electron chi connectivity index (χ2n) is 7.39. The van der Waals surface area contributed by atoms with Gasteiger partial charge in [0.05, 0.1) is 6.42 Å². The van der Waals surface area contributed by atoms with Crippen LogP contribution in [0.15, 0.2) is 36.4 Å². The van der Waals surface area contributed by atoms with Crippen molar-refractivity contribution in [3.05, 3.63) is 58.7 Å². The quantitative estimate of drug-likeness (QED) is 0.500. The number of rotatable bonds is 5. The largest absolute Gasteiger partial charge is 0.508 e. The molecule has 0 aliphatic carbocycles. The number of benzene rings is 2. The SMILES string of the molecule is Cc1cc(N(C)C(=O)Cc2cc(C(=N)N)ccc2O)ccc1C(=O)N1CCCC1.Cl. The van der Waals surface area contributed by atoms with Crippen LogP contribution in [0.25, 0.3) is 0 Å². The molecule has 0 atom stereocenters. The Kier molecular flexibility index (Phi) is 7.45. The highest BCUT2D eigenvalue weighted by atomic mass is 35.5. The van der Waals surface area contributed by atoms with Gasteiger partial charge >= 0.3 is 0 Å². The molecule has 0 aromatic heterocycles. The number of carbonyl (C=O) groups is 2. The summed E-state index contributed by atoms with van der Waals surface area (Å²) in [5, 5.41) is 17.6. The Morgan fingerprint density at radius 3 is 2.43 bits per heavy atom. The van der Waals surface area contributed by atoms with Crippen LogP contribution in [-0.2, 0) is 11.2 Å². The third-order valence-electron chi connectivity index (χ3n) is 5.33. The van der Waals surface area contributed by atoms with E-state index >= 15 is 0 Å². The first-order valence-corrected chi connectivity index (χ1v) is 9.60. The highest BCUT2D eigenvalue weighted by Gasteiger charge is 2.22. The number of likely N-dealkylation sites (N-methyl/N-ethyl adjacent to an activating group) is 1. The van der Waals surface area contributed by atoms with Gasteiger partial charge in [-0.05, 0) is 61.7 Å². The molecule has 160 valence electrons. The lowest BCUT2D eigenvalue weighted by Crippen LogP contribution is -2.29. The van der Waals surface area contributed by atoms with Crippen LogP contribution in [0.3, 0.4) is 0 Å². The number of nitrogens with two attached hydrogens (primary N) is 1. The molecular formula is C22H27ClN4O3. The predicted octanol–water partition coefficient (Wildman–Crippen LogP) is 2.85. The van der Waals surface area contributed by atoms with E-state index in [9.17, 15) is 14.7 Å². The third kappa shape index (κ3) is 4.91. The molecular weight excluding hydrogens is 404 g/mol. The molecule has 0 bridgehead atoms. The second-order valence-corrected chi connectivity index (χ2v) is 7.39. The molecule has 1 fully saturated rings. The Balaban J connectivity index is 0.00000320. The van der Waals surface area contributed by atoms with Crippen molar-refractivity contribution >= 4 is 35.7 Å². The molecule has 1 aliphatic rings. The summed E-state index contributed by atoms with van der Waals surface area (Å²) in [6.45, 7) is 3.45. The number of phenolic OH excluding ortho intramolecular Hbond substituents is 1. The fourth-order valence-electron chi connectivity index (χ4n) is 3.51. The Bertz CT molecular complexity index is 971. The number of amides is 2. The highest BCUT2D eigenvalue weighted by molar-refractivity contribution is 5.99. The number of amidine groups is 1. The van der Waals surface area contributed by atoms with Gasteiger partial charge in [-0.25, -0.2) is 0 Å². The molecule has 7 nitrogen and oxygen atoms in total. The molecule has 2 aromatic rings. The Morgan fingerprint density at radius 1 is 1.17 bits per heavy atom. The number of nitrogen functional groups attached to an aromatic ring is 1. The third-order valence-corrected chi connectivity index (χ3v) is 5.33. The van der Waals surface area contributed by atoms with E-state index in [1.165, 1.54) is 17.0 Å². The maximum absolute atomic E-state index is 12.7. The van der Waals surface area contributed by atoms with Gasteiger partial charge in [0.25, 0.3) is 5.91 Å². The Morgan fingerprint density at radius 2 is 1.83 bits per heavy atom. The number of aryl methyl sites for hydroxylation is 1. The zero-order valence-corrected chi connectivity index (χ0v) is 18.0. The van der Waals surface area contributed by atoms with Gasteiger partial charge in [0.1, 0.15) is 11.6 Å². The molecule has 4 N–H and O–H groups in total. The molecule has 0 spiro atoms. The number of phenols is 1. The molecule has 0 saturated carbocycles. The van der Waals surface area contributed by atoms with Gasteiger partial charge in [0, 0.05) is 42.5 Å². The number of carbonyl (C=O) groups excluding carboxylic acids is 2. The summed E-state index contributed by atoms with van der Waals surface area (Å²) in [7, 11) is 1.66. The minimum atomic E-state index is -0.223. The van der Waals surface area contributed by atoms with E-state index in [0.717, 1.165) is 31.5 Å². The first-order chi connectivity index (χ1) is 13.8. The van der Waals surface area contributed by atoms with Crippen molar-refractivity contribution in [1.29, 1.82) is 5.41 Å². The lowest BCUT2D eigenvalue weighted by atomic mass is 10.0. The van der Waals surface area contributed by atoms with Crippen molar-refractivity contribution in [3.8, 4) is 5.75 Å². The molecule has 0 unspecified atom stereocenters. The van der Waals surface area contributed by atoms with E-state index in [1.807, 2.05) is 17.9 Å². The van der Waals surface area contributed by atoms with E-state index in [-0.39, 0.29) is 42.2 Å². The van der Waals surface area contributed by atoms with Crippen LogP contribution in [0, 0.1) is 12.3 Å². The molecule has 30 heavy (non-hydrogen) atoms. The number of aromatic hydroxyl groups is 1. The lowest BCUT2D eigenvalue weighted by Gasteiger charge is -2.21. The van der Waals surface area contributed by atoms with Gasteiger partial charge in [-0.3, -0.25) is 15.0 Å². The van der Waals surface area contributed by atoms with E-state index < -0.39 is 0 Å². The predicted molar refractivity (Wildman–Crippen MR) is 120 cm³/mol. The van der Waals surface area contributed by atoms with Crippen molar-refractivity contribution < 1.29 is 14.7 Å². The summed E-state index contributed by atoms with van der Waals surface area (Å²) < 4.78 is 0. The summed E-state index contributed by atoms with van der Waals surface area (Å²) in [5.41, 5.74) is 8.50. The Hall–Kier alpha value is -3.06. The van der Waals surface area contributed by atoms with Gasteiger partial charge in [0.2, 0.25) is 5.91 Å². The van der Waals surface area contributed by atoms with Crippen molar-refractivity contribution in [2.75, 3.05) is 25.0 Å². The Labute approximate surface area is 182 Å². The summed E-state index contributed by atoms with van der Waals surface area (Å²) >= 11 is 0. The number of hydrogen-bond acceptors (Lipinski definition) is 4. The van der Waals surface area contributed by atoms with E-state index in [4.69, 9.17) is 11.1 Å². The number of halogens is 1. The number of hydrogen-bond donors (Lipinski definition) is 3. The van der Waals surface area contributed by atoms with Crippen molar-refractivity contribution in [1.82, 2.24) is 4.90 Å².